The van der Waals surface area contributed by atoms with Crippen LogP contribution in [0.5, 0.6) is 5.75 Å². The van der Waals surface area contributed by atoms with Gasteiger partial charge >= 0.3 is 0 Å². The van der Waals surface area contributed by atoms with E-state index in [2.05, 4.69) is 63.0 Å². The Morgan fingerprint density at radius 1 is 1.07 bits per heavy atom. The molecule has 0 radical (unpaired) electrons. The summed E-state index contributed by atoms with van der Waals surface area (Å²) >= 11 is 0. The van der Waals surface area contributed by atoms with Crippen LogP contribution in [0.15, 0.2) is 61.0 Å². The number of allylic oxidation sites excluding steroid dienone is 2. The summed E-state index contributed by atoms with van der Waals surface area (Å²) in [6.45, 7) is 0. The highest BCUT2D eigenvalue weighted by Gasteiger charge is 2.29. The molecule has 2 aliphatic rings. The number of methoxy groups -OCH3 is 1. The number of anilines is 1. The largest absolute Gasteiger partial charge is 0.496 e. The maximum atomic E-state index is 5.53. The van der Waals surface area contributed by atoms with Gasteiger partial charge in [0.05, 0.1) is 18.7 Å². The standard InChI is InChI=1S/C25H28N4O/c1-30-24-13-14-26-16-21(24)18-11-12-23-20(15-18)25(29-28-23)27-22-10-6-5-9-19(22)17-7-3-2-4-8-17/h5-6,9-17,19,22H,2-4,7-8H2,1H3,(H2,27,28,29). The highest BCUT2D eigenvalue weighted by atomic mass is 16.5. The van der Waals surface area contributed by atoms with Crippen molar-refractivity contribution >= 4 is 16.7 Å². The molecule has 5 rings (SSSR count). The number of fused-ring (bicyclic) bond motifs is 1. The number of H-pyrrole nitrogens is 1. The zero-order valence-electron chi connectivity index (χ0n) is 17.3. The first-order valence-corrected chi connectivity index (χ1v) is 10.9. The molecule has 2 N–H and O–H groups in total. The van der Waals surface area contributed by atoms with Gasteiger partial charge in [-0.3, -0.25) is 10.1 Å². The van der Waals surface area contributed by atoms with Gasteiger partial charge in [-0.05, 0) is 42.5 Å². The number of nitrogens with one attached hydrogen (secondary N) is 2. The quantitative estimate of drug-likeness (QED) is 0.573. The lowest BCUT2D eigenvalue weighted by Gasteiger charge is -2.34. The molecule has 154 valence electrons. The monoisotopic (exact) mass is 400 g/mol. The van der Waals surface area contributed by atoms with Gasteiger partial charge < -0.3 is 10.1 Å². The molecule has 1 aromatic carbocycles. The third kappa shape index (κ3) is 3.60. The van der Waals surface area contributed by atoms with E-state index in [1.165, 1.54) is 32.1 Å². The normalized spacial score (nSPS) is 21.8. The summed E-state index contributed by atoms with van der Waals surface area (Å²) in [6.07, 6.45) is 19.4. The van der Waals surface area contributed by atoms with Gasteiger partial charge in [0.25, 0.3) is 0 Å². The third-order valence-corrected chi connectivity index (χ3v) is 6.55. The number of hydrogen-bond donors (Lipinski definition) is 2. The molecule has 2 atom stereocenters. The summed E-state index contributed by atoms with van der Waals surface area (Å²) in [5.41, 5.74) is 3.07. The molecule has 2 unspecified atom stereocenters. The van der Waals surface area contributed by atoms with E-state index in [-0.39, 0.29) is 6.04 Å². The second kappa shape index (κ2) is 8.34. The molecule has 2 heterocycles. The Hall–Kier alpha value is -3.08. The van der Waals surface area contributed by atoms with E-state index in [4.69, 9.17) is 4.74 Å². The maximum Gasteiger partial charge on any atom is 0.156 e. The van der Waals surface area contributed by atoms with Crippen molar-refractivity contribution in [2.24, 2.45) is 11.8 Å². The van der Waals surface area contributed by atoms with Crippen molar-refractivity contribution in [1.29, 1.82) is 0 Å². The van der Waals surface area contributed by atoms with Gasteiger partial charge in [0.2, 0.25) is 0 Å². The molecule has 5 heteroatoms. The van der Waals surface area contributed by atoms with E-state index >= 15 is 0 Å². The first-order valence-electron chi connectivity index (χ1n) is 10.9. The highest BCUT2D eigenvalue weighted by Crippen LogP contribution is 2.37. The number of ether oxygens (including phenoxy) is 1. The van der Waals surface area contributed by atoms with Crippen molar-refractivity contribution in [2.75, 3.05) is 12.4 Å². The Morgan fingerprint density at radius 2 is 1.93 bits per heavy atom. The fourth-order valence-corrected chi connectivity index (χ4v) is 4.96. The van der Waals surface area contributed by atoms with Gasteiger partial charge in [0, 0.05) is 29.3 Å². The van der Waals surface area contributed by atoms with Crippen LogP contribution in [0.25, 0.3) is 22.0 Å². The zero-order chi connectivity index (χ0) is 20.3. The molecule has 1 fully saturated rings. The minimum absolute atomic E-state index is 0.265. The molecule has 0 amide bonds. The molecule has 3 aromatic rings. The number of aromatic amines is 1. The molecule has 0 aliphatic heterocycles. The average molecular weight is 401 g/mol. The summed E-state index contributed by atoms with van der Waals surface area (Å²) in [4.78, 5) is 4.28. The van der Waals surface area contributed by atoms with Crippen LogP contribution in [0.4, 0.5) is 5.82 Å². The minimum atomic E-state index is 0.265. The number of rotatable bonds is 5. The average Bonchev–Trinajstić information content (AvgIpc) is 3.22. The number of aromatic nitrogens is 3. The van der Waals surface area contributed by atoms with Gasteiger partial charge in [-0.25, -0.2) is 0 Å². The van der Waals surface area contributed by atoms with E-state index in [0.29, 0.717) is 5.92 Å². The predicted octanol–water partition coefficient (Wildman–Crippen LogP) is 5.74. The minimum Gasteiger partial charge on any atom is -0.496 e. The van der Waals surface area contributed by atoms with Crippen molar-refractivity contribution in [3.05, 3.63) is 61.0 Å². The van der Waals surface area contributed by atoms with Crippen LogP contribution < -0.4 is 10.1 Å². The molecule has 0 spiro atoms. The summed E-state index contributed by atoms with van der Waals surface area (Å²) in [7, 11) is 1.69. The highest BCUT2D eigenvalue weighted by molar-refractivity contribution is 5.93. The van der Waals surface area contributed by atoms with Crippen LogP contribution in [0.2, 0.25) is 0 Å². The first-order chi connectivity index (χ1) is 14.8. The zero-order valence-corrected chi connectivity index (χ0v) is 17.3. The maximum absolute atomic E-state index is 5.53. The Morgan fingerprint density at radius 3 is 2.80 bits per heavy atom. The van der Waals surface area contributed by atoms with Gasteiger partial charge in [0.15, 0.2) is 5.82 Å². The van der Waals surface area contributed by atoms with Gasteiger partial charge in [-0.1, -0.05) is 49.6 Å². The Bertz CT molecular complexity index is 1080. The van der Waals surface area contributed by atoms with Crippen molar-refractivity contribution in [3.8, 4) is 16.9 Å². The summed E-state index contributed by atoms with van der Waals surface area (Å²) in [5.74, 6) is 2.99. The van der Waals surface area contributed by atoms with Gasteiger partial charge in [0.1, 0.15) is 5.75 Å². The molecule has 2 aromatic heterocycles. The van der Waals surface area contributed by atoms with Crippen LogP contribution in [-0.2, 0) is 0 Å². The number of pyridine rings is 1. The molecular formula is C25H28N4O. The number of benzene rings is 1. The lowest BCUT2D eigenvalue weighted by atomic mass is 9.75. The predicted molar refractivity (Wildman–Crippen MR) is 122 cm³/mol. The summed E-state index contributed by atoms with van der Waals surface area (Å²) in [6, 6.07) is 8.48. The van der Waals surface area contributed by atoms with E-state index in [1.807, 2.05) is 12.3 Å². The van der Waals surface area contributed by atoms with Crippen LogP contribution in [0.1, 0.15) is 32.1 Å². The molecule has 0 saturated heterocycles. The second-order valence-electron chi connectivity index (χ2n) is 8.32. The fraction of sp³-hybridized carbons (Fsp3) is 0.360. The van der Waals surface area contributed by atoms with E-state index in [1.54, 1.807) is 13.3 Å². The topological polar surface area (TPSA) is 62.8 Å². The van der Waals surface area contributed by atoms with E-state index < -0.39 is 0 Å². The van der Waals surface area contributed by atoms with Crippen LogP contribution in [0.3, 0.4) is 0 Å². The SMILES string of the molecule is COc1ccncc1-c1ccc2[nH]nc(NC3C=CC=CC3C3CCCCC3)c2c1. The Labute approximate surface area is 177 Å². The van der Waals surface area contributed by atoms with Gasteiger partial charge in [-0.15, -0.1) is 0 Å². The van der Waals surface area contributed by atoms with Crippen molar-refractivity contribution < 1.29 is 4.74 Å². The van der Waals surface area contributed by atoms with Crippen LogP contribution in [0, 0.1) is 11.8 Å². The molecule has 30 heavy (non-hydrogen) atoms. The lowest BCUT2D eigenvalue weighted by Crippen LogP contribution is -2.33. The van der Waals surface area contributed by atoms with Crippen molar-refractivity contribution in [3.63, 3.8) is 0 Å². The van der Waals surface area contributed by atoms with Crippen LogP contribution >= 0.6 is 0 Å². The van der Waals surface area contributed by atoms with Gasteiger partial charge in [-0.2, -0.15) is 5.10 Å². The lowest BCUT2D eigenvalue weighted by molar-refractivity contribution is 0.276. The van der Waals surface area contributed by atoms with Crippen molar-refractivity contribution in [1.82, 2.24) is 15.2 Å². The molecular weight excluding hydrogens is 372 g/mol. The molecule has 1 saturated carbocycles. The van der Waals surface area contributed by atoms with Crippen molar-refractivity contribution in [2.45, 2.75) is 38.1 Å². The number of nitrogens with zero attached hydrogens (tertiary/aromatic N) is 2. The summed E-state index contributed by atoms with van der Waals surface area (Å²) < 4.78 is 5.53. The number of hydrogen-bond acceptors (Lipinski definition) is 4. The fourth-order valence-electron chi connectivity index (χ4n) is 4.96. The second-order valence-corrected chi connectivity index (χ2v) is 8.32. The summed E-state index contributed by atoms with van der Waals surface area (Å²) in [5, 5.41) is 12.6. The Kier molecular flexibility index (Phi) is 5.26. The first kappa shape index (κ1) is 18.9. The molecule has 0 bridgehead atoms. The van der Waals surface area contributed by atoms with E-state index in [9.17, 15) is 0 Å². The Balaban J connectivity index is 1.45. The smallest absolute Gasteiger partial charge is 0.156 e. The van der Waals surface area contributed by atoms with E-state index in [0.717, 1.165) is 39.5 Å². The molecule has 5 nitrogen and oxygen atoms in total. The third-order valence-electron chi connectivity index (χ3n) is 6.55. The van der Waals surface area contributed by atoms with Crippen LogP contribution in [-0.4, -0.2) is 28.3 Å². The molecule has 2 aliphatic carbocycles.